The Bertz CT molecular complexity index is 1070. The Morgan fingerprint density at radius 1 is 1.15 bits per heavy atom. The molecule has 0 bridgehead atoms. The van der Waals surface area contributed by atoms with E-state index in [1.54, 1.807) is 7.11 Å². The summed E-state index contributed by atoms with van der Waals surface area (Å²) < 4.78 is 5.29. The average Bonchev–Trinajstić information content (AvgIpc) is 2.89. The van der Waals surface area contributed by atoms with E-state index in [2.05, 4.69) is 41.5 Å². The fourth-order valence-electron chi connectivity index (χ4n) is 4.76. The van der Waals surface area contributed by atoms with E-state index in [1.807, 2.05) is 35.2 Å². The zero-order valence-electron chi connectivity index (χ0n) is 20.4. The Kier molecular flexibility index (Phi) is 8.36. The van der Waals surface area contributed by atoms with E-state index in [9.17, 15) is 4.79 Å². The number of ether oxygens (including phenoxy) is 1. The molecule has 1 aliphatic rings. The van der Waals surface area contributed by atoms with Gasteiger partial charge in [0.1, 0.15) is 5.75 Å². The van der Waals surface area contributed by atoms with Crippen LogP contribution < -0.4 is 10.1 Å². The van der Waals surface area contributed by atoms with Gasteiger partial charge in [-0.3, -0.25) is 4.79 Å². The molecule has 34 heavy (non-hydrogen) atoms. The van der Waals surface area contributed by atoms with E-state index >= 15 is 0 Å². The number of nitrogens with one attached hydrogen (secondary N) is 1. The van der Waals surface area contributed by atoms with E-state index in [1.165, 1.54) is 6.42 Å². The lowest BCUT2D eigenvalue weighted by Crippen LogP contribution is -2.40. The van der Waals surface area contributed by atoms with Gasteiger partial charge in [-0.05, 0) is 88.6 Å². The number of methoxy groups -OCH3 is 1. The Balaban J connectivity index is 1.34. The summed E-state index contributed by atoms with van der Waals surface area (Å²) in [4.78, 5) is 20.5. The molecule has 0 radical (unpaired) electrons. The molecule has 6 nitrogen and oxygen atoms in total. The minimum absolute atomic E-state index is 0.409. The molecule has 3 aromatic rings. The molecular weight excluding hydrogens is 424 g/mol. The first-order valence-electron chi connectivity index (χ1n) is 12.4. The second-order valence-electron chi connectivity index (χ2n) is 9.17. The lowest BCUT2D eigenvalue weighted by molar-refractivity contribution is -0.121. The van der Waals surface area contributed by atoms with E-state index < -0.39 is 0 Å². The average molecular weight is 461 g/mol. The maximum atomic E-state index is 11.3. The van der Waals surface area contributed by atoms with Crippen molar-refractivity contribution in [3.8, 4) is 17.0 Å². The molecule has 1 saturated heterocycles. The molecule has 1 amide bonds. The van der Waals surface area contributed by atoms with Gasteiger partial charge in [0.2, 0.25) is 6.41 Å². The number of pyridine rings is 1. The minimum Gasteiger partial charge on any atom is -0.497 e. The standard InChI is InChI=1S/C28H36N4O2/c1-31(19-15-23-8-5-6-18-32(23)21-33)17-7-16-29-28-20-27(22-11-13-24(34-2)14-12-22)30-26-10-4-3-9-25(26)28/h3-4,9-14,20-21,23H,5-8,15-19H2,1-2H3,(H,29,30). The molecule has 4 rings (SSSR count). The molecule has 1 fully saturated rings. The molecule has 2 aromatic carbocycles. The van der Waals surface area contributed by atoms with Crippen LogP contribution in [0.4, 0.5) is 5.69 Å². The fourth-order valence-corrected chi connectivity index (χ4v) is 4.76. The molecule has 1 aromatic heterocycles. The highest BCUT2D eigenvalue weighted by Crippen LogP contribution is 2.29. The second kappa shape index (κ2) is 11.8. The van der Waals surface area contributed by atoms with E-state index in [4.69, 9.17) is 9.72 Å². The lowest BCUT2D eigenvalue weighted by atomic mass is 10.00. The molecule has 0 aliphatic carbocycles. The fraction of sp³-hybridized carbons (Fsp3) is 0.429. The summed E-state index contributed by atoms with van der Waals surface area (Å²) in [5, 5.41) is 4.79. The third kappa shape index (κ3) is 6.06. The monoisotopic (exact) mass is 460 g/mol. The topological polar surface area (TPSA) is 57.7 Å². The minimum atomic E-state index is 0.409. The van der Waals surface area contributed by atoms with Crippen LogP contribution in [0.2, 0.25) is 0 Å². The van der Waals surface area contributed by atoms with Gasteiger partial charge in [0.25, 0.3) is 0 Å². The van der Waals surface area contributed by atoms with Crippen LogP contribution in [-0.2, 0) is 4.79 Å². The number of piperidine rings is 1. The van der Waals surface area contributed by atoms with Crippen molar-refractivity contribution in [1.82, 2.24) is 14.8 Å². The summed E-state index contributed by atoms with van der Waals surface area (Å²) in [6, 6.07) is 18.9. The first kappa shape index (κ1) is 24.0. The Morgan fingerprint density at radius 2 is 1.97 bits per heavy atom. The van der Waals surface area contributed by atoms with Gasteiger partial charge >= 0.3 is 0 Å². The highest BCUT2D eigenvalue weighted by atomic mass is 16.5. The van der Waals surface area contributed by atoms with Crippen molar-refractivity contribution in [3.63, 3.8) is 0 Å². The molecule has 1 unspecified atom stereocenters. The van der Waals surface area contributed by atoms with Crippen LogP contribution >= 0.6 is 0 Å². The first-order valence-corrected chi connectivity index (χ1v) is 12.4. The zero-order valence-corrected chi connectivity index (χ0v) is 20.4. The number of hydrogen-bond acceptors (Lipinski definition) is 5. The largest absolute Gasteiger partial charge is 0.497 e. The summed E-state index contributed by atoms with van der Waals surface area (Å²) in [6.45, 7) is 3.86. The third-order valence-corrected chi connectivity index (χ3v) is 6.79. The van der Waals surface area contributed by atoms with Crippen LogP contribution in [0.1, 0.15) is 32.1 Å². The number of carbonyl (C=O) groups is 1. The molecular formula is C28H36N4O2. The van der Waals surface area contributed by atoms with Crippen molar-refractivity contribution < 1.29 is 9.53 Å². The smallest absolute Gasteiger partial charge is 0.209 e. The van der Waals surface area contributed by atoms with Crippen LogP contribution in [0.3, 0.4) is 0 Å². The van der Waals surface area contributed by atoms with Crippen molar-refractivity contribution in [3.05, 3.63) is 54.6 Å². The maximum Gasteiger partial charge on any atom is 0.209 e. The summed E-state index contributed by atoms with van der Waals surface area (Å²) in [6.07, 6.45) is 6.66. The third-order valence-electron chi connectivity index (χ3n) is 6.79. The maximum absolute atomic E-state index is 11.3. The van der Waals surface area contributed by atoms with Gasteiger partial charge < -0.3 is 19.9 Å². The molecule has 180 valence electrons. The Labute approximate surface area is 202 Å². The number of fused-ring (bicyclic) bond motifs is 1. The number of hydrogen-bond donors (Lipinski definition) is 1. The number of amides is 1. The second-order valence-corrected chi connectivity index (χ2v) is 9.17. The Morgan fingerprint density at radius 3 is 2.76 bits per heavy atom. The lowest BCUT2D eigenvalue weighted by Gasteiger charge is -2.33. The number of carbonyl (C=O) groups excluding carboxylic acids is 1. The van der Waals surface area contributed by atoms with E-state index in [0.29, 0.717) is 6.04 Å². The predicted molar refractivity (Wildman–Crippen MR) is 139 cm³/mol. The molecule has 1 aliphatic heterocycles. The van der Waals surface area contributed by atoms with Gasteiger partial charge in [-0.25, -0.2) is 4.98 Å². The van der Waals surface area contributed by atoms with Crippen LogP contribution in [0.25, 0.3) is 22.2 Å². The highest BCUT2D eigenvalue weighted by molar-refractivity contribution is 5.93. The zero-order chi connectivity index (χ0) is 23.8. The van der Waals surface area contributed by atoms with Crippen LogP contribution in [0, 0.1) is 0 Å². The quantitative estimate of drug-likeness (QED) is 0.321. The van der Waals surface area contributed by atoms with Gasteiger partial charge in [0.15, 0.2) is 0 Å². The number of aromatic nitrogens is 1. The van der Waals surface area contributed by atoms with Crippen molar-refractivity contribution in [2.75, 3.05) is 45.7 Å². The first-order chi connectivity index (χ1) is 16.7. The summed E-state index contributed by atoms with van der Waals surface area (Å²) >= 11 is 0. The molecule has 1 atom stereocenters. The number of anilines is 1. The number of likely N-dealkylation sites (tertiary alicyclic amines) is 1. The molecule has 1 N–H and O–H groups in total. The molecule has 6 heteroatoms. The SMILES string of the molecule is COc1ccc(-c2cc(NCCCN(C)CCC3CCCCN3C=O)c3ccccc3n2)cc1. The van der Waals surface area contributed by atoms with Crippen LogP contribution in [0.15, 0.2) is 54.6 Å². The van der Waals surface area contributed by atoms with Crippen molar-refractivity contribution in [2.45, 2.75) is 38.1 Å². The van der Waals surface area contributed by atoms with E-state index in [0.717, 1.165) is 91.9 Å². The summed E-state index contributed by atoms with van der Waals surface area (Å²) in [7, 11) is 3.86. The van der Waals surface area contributed by atoms with Gasteiger partial charge in [0, 0.05) is 35.8 Å². The van der Waals surface area contributed by atoms with Crippen LogP contribution in [0.5, 0.6) is 5.75 Å². The number of benzene rings is 2. The summed E-state index contributed by atoms with van der Waals surface area (Å²) in [5.74, 6) is 0.842. The predicted octanol–water partition coefficient (Wildman–Crippen LogP) is 5.05. The molecule has 0 spiro atoms. The Hall–Kier alpha value is -3.12. The van der Waals surface area contributed by atoms with Crippen molar-refractivity contribution >= 4 is 23.0 Å². The van der Waals surface area contributed by atoms with Crippen molar-refractivity contribution in [2.24, 2.45) is 0 Å². The normalized spacial score (nSPS) is 16.1. The van der Waals surface area contributed by atoms with Gasteiger partial charge in [-0.2, -0.15) is 0 Å². The highest BCUT2D eigenvalue weighted by Gasteiger charge is 2.20. The molecule has 2 heterocycles. The van der Waals surface area contributed by atoms with Gasteiger partial charge in [-0.1, -0.05) is 18.2 Å². The number of para-hydroxylation sites is 1. The van der Waals surface area contributed by atoms with Gasteiger partial charge in [0.05, 0.1) is 18.3 Å². The van der Waals surface area contributed by atoms with Crippen LogP contribution in [-0.4, -0.2) is 67.6 Å². The number of nitrogens with zero attached hydrogens (tertiary/aromatic N) is 3. The van der Waals surface area contributed by atoms with Gasteiger partial charge in [-0.15, -0.1) is 0 Å². The molecule has 0 saturated carbocycles. The van der Waals surface area contributed by atoms with E-state index in [-0.39, 0.29) is 0 Å². The summed E-state index contributed by atoms with van der Waals surface area (Å²) in [5.41, 5.74) is 4.13. The van der Waals surface area contributed by atoms with Crippen molar-refractivity contribution in [1.29, 1.82) is 0 Å². The number of rotatable bonds is 11.